The summed E-state index contributed by atoms with van der Waals surface area (Å²) in [5.41, 5.74) is 2.46. The second-order valence-electron chi connectivity index (χ2n) is 8.20. The first-order valence-electron chi connectivity index (χ1n) is 11.9. The van der Waals surface area contributed by atoms with Crippen molar-refractivity contribution in [2.45, 2.75) is 19.3 Å². The van der Waals surface area contributed by atoms with Crippen molar-refractivity contribution in [2.75, 3.05) is 38.1 Å². The van der Waals surface area contributed by atoms with E-state index in [0.29, 0.717) is 29.5 Å². The van der Waals surface area contributed by atoms with Crippen molar-refractivity contribution < 1.29 is 14.1 Å². The van der Waals surface area contributed by atoms with Crippen molar-refractivity contribution in [3.05, 3.63) is 64.2 Å². The normalized spacial score (nSPS) is 13.1. The number of nitrogens with one attached hydrogen (secondary N) is 1. The lowest BCUT2D eigenvalue weighted by Crippen LogP contribution is -2.33. The van der Waals surface area contributed by atoms with Crippen LogP contribution in [0.3, 0.4) is 0 Å². The average molecular weight is 524 g/mol. The van der Waals surface area contributed by atoms with E-state index in [-0.39, 0.29) is 5.91 Å². The Labute approximate surface area is 218 Å². The zero-order valence-electron chi connectivity index (χ0n) is 20.1. The second-order valence-corrected chi connectivity index (χ2v) is 9.98. The number of hydrogen-bond acceptors (Lipinski definition) is 8. The molecular weight excluding hydrogens is 494 g/mol. The molecule has 1 N–H and O–H groups in total. The Bertz CT molecular complexity index is 1220. The minimum Gasteiger partial charge on any atom is -0.362 e. The third-order valence-corrected chi connectivity index (χ3v) is 7.43. The summed E-state index contributed by atoms with van der Waals surface area (Å²) in [5, 5.41) is 11.0. The van der Waals surface area contributed by atoms with Crippen molar-refractivity contribution in [1.29, 1.82) is 0 Å². The molecule has 5 rings (SSSR count). The molecule has 1 aromatic carbocycles. The summed E-state index contributed by atoms with van der Waals surface area (Å²) in [5.74, 6) is 0.608. The molecule has 0 radical (unpaired) electrons. The summed E-state index contributed by atoms with van der Waals surface area (Å²) in [7, 11) is 1.56. The molecule has 4 aromatic rings. The number of thiophene rings is 1. The summed E-state index contributed by atoms with van der Waals surface area (Å²) >= 11 is 2.93. The maximum Gasteiger partial charge on any atom is 0.270 e. The molecule has 1 aliphatic rings. The van der Waals surface area contributed by atoms with Crippen molar-refractivity contribution >= 4 is 40.1 Å². The molecule has 2 amide bonds. The van der Waals surface area contributed by atoms with E-state index < -0.39 is 0 Å². The van der Waals surface area contributed by atoms with Gasteiger partial charge in [0.2, 0.25) is 6.41 Å². The van der Waals surface area contributed by atoms with Gasteiger partial charge in [0.1, 0.15) is 11.4 Å². The summed E-state index contributed by atoms with van der Waals surface area (Å²) in [4.78, 5) is 32.0. The van der Waals surface area contributed by atoms with Gasteiger partial charge in [-0.3, -0.25) is 14.5 Å². The lowest BCUT2D eigenvalue weighted by molar-refractivity contribution is -0.109. The molecule has 188 valence electrons. The largest absolute Gasteiger partial charge is 0.362 e. The van der Waals surface area contributed by atoms with Gasteiger partial charge >= 0.3 is 0 Å². The SMILES string of the molecule is CNC=O.O=C(c1cccs1)N(CCCN1CCCC1)c1nc(-c2cc(-c3ccccc3)no2)cs1. The molecule has 0 spiro atoms. The first-order chi connectivity index (χ1) is 17.7. The summed E-state index contributed by atoms with van der Waals surface area (Å²) in [6.07, 6.45) is 4.10. The quantitative estimate of drug-likeness (QED) is 0.310. The predicted molar refractivity (Wildman–Crippen MR) is 144 cm³/mol. The van der Waals surface area contributed by atoms with Crippen LogP contribution < -0.4 is 10.2 Å². The lowest BCUT2D eigenvalue weighted by Gasteiger charge is -2.21. The molecule has 8 nitrogen and oxygen atoms in total. The fourth-order valence-electron chi connectivity index (χ4n) is 3.92. The minimum atomic E-state index is 0.00451. The Morgan fingerprint density at radius 3 is 2.61 bits per heavy atom. The Morgan fingerprint density at radius 2 is 1.92 bits per heavy atom. The molecule has 1 fully saturated rings. The highest BCUT2D eigenvalue weighted by molar-refractivity contribution is 7.14. The van der Waals surface area contributed by atoms with Crippen LogP contribution in [0, 0.1) is 0 Å². The zero-order chi connectivity index (χ0) is 25.2. The van der Waals surface area contributed by atoms with Crippen molar-refractivity contribution in [2.24, 2.45) is 0 Å². The maximum atomic E-state index is 13.2. The molecule has 1 aliphatic heterocycles. The smallest absolute Gasteiger partial charge is 0.270 e. The highest BCUT2D eigenvalue weighted by atomic mass is 32.1. The van der Waals surface area contributed by atoms with Crippen LogP contribution in [0.2, 0.25) is 0 Å². The Balaban J connectivity index is 0.000000709. The van der Waals surface area contributed by atoms with Gasteiger partial charge in [-0.15, -0.1) is 22.7 Å². The number of nitrogens with zero attached hydrogens (tertiary/aromatic N) is 4. The molecule has 4 heterocycles. The molecule has 1 saturated heterocycles. The summed E-state index contributed by atoms with van der Waals surface area (Å²) < 4.78 is 5.57. The Hall–Kier alpha value is -3.34. The molecule has 3 aromatic heterocycles. The third-order valence-electron chi connectivity index (χ3n) is 5.70. The predicted octanol–water partition coefficient (Wildman–Crippen LogP) is 5.02. The van der Waals surface area contributed by atoms with Crippen LogP contribution in [-0.2, 0) is 4.79 Å². The number of aromatic nitrogens is 2. The van der Waals surface area contributed by atoms with E-state index in [9.17, 15) is 4.79 Å². The zero-order valence-corrected chi connectivity index (χ0v) is 21.8. The highest BCUT2D eigenvalue weighted by Crippen LogP contribution is 2.31. The maximum absolute atomic E-state index is 13.2. The van der Waals surface area contributed by atoms with Crippen LogP contribution in [0.25, 0.3) is 22.7 Å². The molecule has 0 aliphatic carbocycles. The van der Waals surface area contributed by atoms with Crippen LogP contribution in [-0.4, -0.2) is 60.6 Å². The first kappa shape index (κ1) is 25.7. The Morgan fingerprint density at radius 1 is 1.14 bits per heavy atom. The van der Waals surface area contributed by atoms with E-state index in [2.05, 4.69) is 15.4 Å². The van der Waals surface area contributed by atoms with Crippen molar-refractivity contribution in [3.63, 3.8) is 0 Å². The van der Waals surface area contributed by atoms with E-state index in [1.807, 2.05) is 64.2 Å². The van der Waals surface area contributed by atoms with Gasteiger partial charge < -0.3 is 14.7 Å². The van der Waals surface area contributed by atoms with Gasteiger partial charge in [-0.2, -0.15) is 0 Å². The van der Waals surface area contributed by atoms with Gasteiger partial charge in [0.25, 0.3) is 5.91 Å². The number of rotatable bonds is 9. The van der Waals surface area contributed by atoms with Crippen LogP contribution in [0.15, 0.2) is 63.8 Å². The molecule has 0 saturated carbocycles. The van der Waals surface area contributed by atoms with Gasteiger partial charge in [0.15, 0.2) is 10.9 Å². The van der Waals surface area contributed by atoms with Crippen LogP contribution in [0.5, 0.6) is 0 Å². The third kappa shape index (κ3) is 6.66. The van der Waals surface area contributed by atoms with Crippen molar-refractivity contribution in [3.8, 4) is 22.7 Å². The average Bonchev–Trinajstić information content (AvgIpc) is 3.73. The van der Waals surface area contributed by atoms with Crippen molar-refractivity contribution in [1.82, 2.24) is 20.4 Å². The molecule has 0 atom stereocenters. The number of carbonyl (C=O) groups is 2. The highest BCUT2D eigenvalue weighted by Gasteiger charge is 2.23. The van der Waals surface area contributed by atoms with Gasteiger partial charge in [-0.05, 0) is 50.3 Å². The van der Waals surface area contributed by atoms with E-state index in [1.165, 1.54) is 35.5 Å². The van der Waals surface area contributed by atoms with Crippen LogP contribution in [0.1, 0.15) is 28.9 Å². The van der Waals surface area contributed by atoms with Gasteiger partial charge in [0.05, 0.1) is 4.88 Å². The molecule has 0 bridgehead atoms. The van der Waals surface area contributed by atoms with Crippen LogP contribution >= 0.6 is 22.7 Å². The number of anilines is 1. The van der Waals surface area contributed by atoms with E-state index in [1.54, 1.807) is 7.05 Å². The van der Waals surface area contributed by atoms with E-state index >= 15 is 0 Å². The molecule has 0 unspecified atom stereocenters. The Kier molecular flexibility index (Phi) is 9.37. The summed E-state index contributed by atoms with van der Waals surface area (Å²) in [6, 6.07) is 15.6. The molecule has 10 heteroatoms. The number of amides is 2. The van der Waals surface area contributed by atoms with Crippen LogP contribution in [0.4, 0.5) is 5.13 Å². The van der Waals surface area contributed by atoms with Gasteiger partial charge in [-0.1, -0.05) is 41.6 Å². The van der Waals surface area contributed by atoms with Gasteiger partial charge in [-0.25, -0.2) is 4.98 Å². The molecular formula is C26H29N5O3S2. The number of thiazole rings is 1. The second kappa shape index (κ2) is 13.1. The number of carbonyl (C=O) groups excluding carboxylic acids is 2. The van der Waals surface area contributed by atoms with E-state index in [0.717, 1.165) is 42.2 Å². The molecule has 36 heavy (non-hydrogen) atoms. The topological polar surface area (TPSA) is 91.6 Å². The monoisotopic (exact) mass is 523 g/mol. The fraction of sp³-hybridized carbons (Fsp3) is 0.308. The number of likely N-dealkylation sites (tertiary alicyclic amines) is 1. The standard InChI is InChI=1S/C24H24N4O2S2.C2H5NO/c29-23(22-10-6-15-31-22)28(14-7-13-27-11-4-5-12-27)24-25-20(17-32-24)21-16-19(26-30-21)18-8-2-1-3-9-18;1-3-2-4/h1-3,6,8-10,15-17H,4-5,7,11-14H2;2H,1H3,(H,3,4). The fourth-order valence-corrected chi connectivity index (χ4v) is 5.43. The van der Waals surface area contributed by atoms with E-state index in [4.69, 9.17) is 14.3 Å². The first-order valence-corrected chi connectivity index (χ1v) is 13.6. The van der Waals surface area contributed by atoms with Gasteiger partial charge in [0, 0.05) is 30.6 Å². The lowest BCUT2D eigenvalue weighted by atomic mass is 10.1. The summed E-state index contributed by atoms with van der Waals surface area (Å²) in [6.45, 7) is 3.98. The number of benzene rings is 1. The number of hydrogen-bond donors (Lipinski definition) is 1. The minimum absolute atomic E-state index is 0.00451.